The smallest absolute Gasteiger partial charge is 0.162 e. The summed E-state index contributed by atoms with van der Waals surface area (Å²) in [6.45, 7) is 17.3. The third kappa shape index (κ3) is 4.94. The molecule has 214 valence electrons. The van der Waals surface area contributed by atoms with E-state index in [1.807, 2.05) is 0 Å². The highest BCUT2D eigenvalue weighted by molar-refractivity contribution is 6.22. The van der Waals surface area contributed by atoms with Crippen LogP contribution in [0.15, 0.2) is 84.2 Å². The second kappa shape index (κ2) is 11.4. The van der Waals surface area contributed by atoms with Crippen molar-refractivity contribution in [1.82, 2.24) is 0 Å². The quantitative estimate of drug-likeness (QED) is 0.250. The molecule has 2 heterocycles. The molecule has 0 saturated carbocycles. The number of anilines is 2. The Bertz CT molecular complexity index is 1510. The van der Waals surface area contributed by atoms with Crippen molar-refractivity contribution in [2.45, 2.75) is 85.0 Å². The van der Waals surface area contributed by atoms with Crippen molar-refractivity contribution in [2.75, 3.05) is 22.9 Å². The van der Waals surface area contributed by atoms with Crippen LogP contribution < -0.4 is 9.80 Å². The number of nitrogens with zero attached hydrogens (tertiary/aromatic N) is 2. The van der Waals surface area contributed by atoms with Gasteiger partial charge in [0.1, 0.15) is 0 Å². The van der Waals surface area contributed by atoms with E-state index in [0.717, 1.165) is 61.2 Å². The first kappa shape index (κ1) is 28.9. The average Bonchev–Trinajstić information content (AvgIpc) is 3.31. The molecule has 0 spiro atoms. The topological polar surface area (TPSA) is 23.6 Å². The highest BCUT2D eigenvalue weighted by atomic mass is 16.1. The van der Waals surface area contributed by atoms with Crippen molar-refractivity contribution < 1.29 is 4.79 Å². The van der Waals surface area contributed by atoms with E-state index in [1.165, 1.54) is 28.2 Å². The Morgan fingerprint density at radius 3 is 1.83 bits per heavy atom. The van der Waals surface area contributed by atoms with Gasteiger partial charge in [-0.1, -0.05) is 115 Å². The maximum Gasteiger partial charge on any atom is 0.162 e. The van der Waals surface area contributed by atoms with Crippen molar-refractivity contribution in [3.05, 3.63) is 106 Å². The molecule has 0 radical (unpaired) electrons. The number of ketones is 1. The maximum atomic E-state index is 13.8. The molecular weight excluding hydrogens is 500 g/mol. The first-order valence-electron chi connectivity index (χ1n) is 15.5. The normalized spacial score (nSPS) is 19.0. The molecule has 0 atom stereocenters. The summed E-state index contributed by atoms with van der Waals surface area (Å²) in [7, 11) is 0. The summed E-state index contributed by atoms with van der Waals surface area (Å²) in [5, 5.41) is 0. The van der Waals surface area contributed by atoms with Crippen LogP contribution in [0.4, 0.5) is 11.4 Å². The Morgan fingerprint density at radius 1 is 0.707 bits per heavy atom. The maximum absolute atomic E-state index is 13.8. The lowest BCUT2D eigenvalue weighted by Gasteiger charge is -2.31. The van der Waals surface area contributed by atoms with E-state index in [2.05, 4.69) is 130 Å². The molecule has 0 N–H and O–H groups in total. The number of hydrogen-bond donors (Lipinski definition) is 0. The van der Waals surface area contributed by atoms with E-state index < -0.39 is 0 Å². The lowest BCUT2D eigenvalue weighted by Crippen LogP contribution is -2.30. The molecule has 3 heteroatoms. The van der Waals surface area contributed by atoms with Gasteiger partial charge < -0.3 is 9.80 Å². The van der Waals surface area contributed by atoms with Crippen LogP contribution in [-0.4, -0.2) is 18.9 Å². The second-order valence-corrected chi connectivity index (χ2v) is 12.7. The van der Waals surface area contributed by atoms with Gasteiger partial charge in [0.25, 0.3) is 0 Å². The Morgan fingerprint density at radius 2 is 1.22 bits per heavy atom. The number of para-hydroxylation sites is 2. The van der Waals surface area contributed by atoms with Crippen LogP contribution in [0.25, 0.3) is 11.6 Å². The van der Waals surface area contributed by atoms with E-state index in [1.54, 1.807) is 6.92 Å². The van der Waals surface area contributed by atoms with Crippen LogP contribution in [0, 0.1) is 0 Å². The number of carbonyl (C=O) groups is 1. The lowest BCUT2D eigenvalue weighted by atomic mass is 9.79. The van der Waals surface area contributed by atoms with E-state index in [9.17, 15) is 4.79 Å². The fourth-order valence-electron chi connectivity index (χ4n) is 6.96. The summed E-state index contributed by atoms with van der Waals surface area (Å²) in [5.41, 5.74) is 10.1. The molecule has 3 nitrogen and oxygen atoms in total. The molecule has 2 aliphatic rings. The van der Waals surface area contributed by atoms with Gasteiger partial charge in [0.2, 0.25) is 0 Å². The minimum absolute atomic E-state index is 0.116. The molecule has 5 rings (SSSR count). The van der Waals surface area contributed by atoms with Gasteiger partial charge in [-0.3, -0.25) is 4.79 Å². The van der Waals surface area contributed by atoms with Gasteiger partial charge in [0.15, 0.2) is 5.78 Å². The standard InChI is InChI=1S/C38H46N2O/c1-8-10-24-39-32-22-16-14-20-30(32)37(4,5)34(39)26-28-18-12-13-19-29(28)35(27(3)41)36-38(6,7)31-21-15-17-23-33(31)40(36)25-11-9-2/h12-23,26H,8-11,24-25H2,1-7H3/b34-26-,36-35-. The second-order valence-electron chi connectivity index (χ2n) is 12.7. The number of hydrogen-bond acceptors (Lipinski definition) is 3. The van der Waals surface area contributed by atoms with Crippen molar-refractivity contribution in [1.29, 1.82) is 0 Å². The minimum Gasteiger partial charge on any atom is -0.344 e. The van der Waals surface area contributed by atoms with Gasteiger partial charge in [-0.15, -0.1) is 0 Å². The molecular formula is C38H46N2O. The minimum atomic E-state index is -0.290. The summed E-state index contributed by atoms with van der Waals surface area (Å²) < 4.78 is 0. The molecule has 0 bridgehead atoms. The predicted octanol–water partition coefficient (Wildman–Crippen LogP) is 9.52. The van der Waals surface area contributed by atoms with Gasteiger partial charge in [-0.2, -0.15) is 0 Å². The van der Waals surface area contributed by atoms with E-state index in [-0.39, 0.29) is 16.6 Å². The number of fused-ring (bicyclic) bond motifs is 2. The van der Waals surface area contributed by atoms with Gasteiger partial charge >= 0.3 is 0 Å². The van der Waals surface area contributed by atoms with Crippen LogP contribution in [-0.2, 0) is 15.6 Å². The number of benzene rings is 3. The first-order valence-corrected chi connectivity index (χ1v) is 15.5. The Hall–Kier alpha value is -3.59. The van der Waals surface area contributed by atoms with E-state index in [0.29, 0.717) is 0 Å². The molecule has 0 fully saturated rings. The third-order valence-electron chi connectivity index (χ3n) is 9.11. The molecule has 41 heavy (non-hydrogen) atoms. The van der Waals surface area contributed by atoms with Gasteiger partial charge in [-0.25, -0.2) is 0 Å². The molecule has 0 aliphatic carbocycles. The fourth-order valence-corrected chi connectivity index (χ4v) is 6.96. The van der Waals surface area contributed by atoms with Crippen molar-refractivity contribution >= 4 is 28.8 Å². The highest BCUT2D eigenvalue weighted by Gasteiger charge is 2.43. The Labute approximate surface area is 247 Å². The van der Waals surface area contributed by atoms with Crippen LogP contribution in [0.5, 0.6) is 0 Å². The van der Waals surface area contributed by atoms with Crippen LogP contribution in [0.1, 0.15) is 96.4 Å². The average molecular weight is 547 g/mol. The molecule has 0 saturated heterocycles. The number of rotatable bonds is 9. The van der Waals surface area contributed by atoms with Crippen molar-refractivity contribution in [3.63, 3.8) is 0 Å². The Kier molecular flexibility index (Phi) is 8.01. The van der Waals surface area contributed by atoms with Crippen LogP contribution in [0.3, 0.4) is 0 Å². The van der Waals surface area contributed by atoms with Gasteiger partial charge in [0.05, 0.1) is 0 Å². The SMILES string of the molecule is CCCCN1/C(=C\c2ccccc2/C(C(C)=O)=C2\N(CCCC)c3ccccc3C2(C)C)C(C)(C)c2ccccc21. The van der Waals surface area contributed by atoms with E-state index in [4.69, 9.17) is 0 Å². The molecule has 0 amide bonds. The zero-order valence-corrected chi connectivity index (χ0v) is 26.1. The van der Waals surface area contributed by atoms with Gasteiger partial charge in [0, 0.05) is 52.3 Å². The summed E-state index contributed by atoms with van der Waals surface area (Å²) in [4.78, 5) is 18.7. The number of allylic oxidation sites excluding steroid dienone is 3. The lowest BCUT2D eigenvalue weighted by molar-refractivity contribution is -0.111. The number of unbranched alkanes of at least 4 members (excludes halogenated alkanes) is 2. The largest absolute Gasteiger partial charge is 0.344 e. The fraction of sp³-hybridized carbons (Fsp3) is 0.395. The predicted molar refractivity (Wildman–Crippen MR) is 175 cm³/mol. The zero-order valence-electron chi connectivity index (χ0n) is 26.1. The molecule has 0 unspecified atom stereocenters. The Balaban J connectivity index is 1.74. The highest BCUT2D eigenvalue weighted by Crippen LogP contribution is 2.52. The summed E-state index contributed by atoms with van der Waals surface area (Å²) in [5.74, 6) is 0.116. The van der Waals surface area contributed by atoms with Crippen LogP contribution >= 0.6 is 0 Å². The first-order chi connectivity index (χ1) is 19.6. The molecule has 3 aromatic rings. The zero-order chi connectivity index (χ0) is 29.4. The van der Waals surface area contributed by atoms with Crippen LogP contribution in [0.2, 0.25) is 0 Å². The monoisotopic (exact) mass is 546 g/mol. The third-order valence-corrected chi connectivity index (χ3v) is 9.11. The molecule has 3 aromatic carbocycles. The molecule has 2 aliphatic heterocycles. The number of Topliss-reactive ketones (excluding diaryl/α,β-unsaturated/α-hetero) is 1. The van der Waals surface area contributed by atoms with Crippen molar-refractivity contribution in [3.8, 4) is 0 Å². The summed E-state index contributed by atoms with van der Waals surface area (Å²) in [6, 6.07) is 26.0. The molecule has 0 aromatic heterocycles. The number of carbonyl (C=O) groups excluding carboxylic acids is 1. The van der Waals surface area contributed by atoms with Gasteiger partial charge in [-0.05, 0) is 60.2 Å². The van der Waals surface area contributed by atoms with Crippen molar-refractivity contribution in [2.24, 2.45) is 0 Å². The van der Waals surface area contributed by atoms with E-state index >= 15 is 0 Å². The summed E-state index contributed by atoms with van der Waals surface area (Å²) >= 11 is 0. The summed E-state index contributed by atoms with van der Waals surface area (Å²) in [6.07, 6.45) is 6.81.